The normalized spacial score (nSPS) is 44.4. The summed E-state index contributed by atoms with van der Waals surface area (Å²) in [5.74, 6) is -0.416. The van der Waals surface area contributed by atoms with E-state index in [-0.39, 0.29) is 41.5 Å². The fourth-order valence-corrected chi connectivity index (χ4v) is 7.14. The van der Waals surface area contributed by atoms with Gasteiger partial charge < -0.3 is 9.84 Å². The molecule has 0 aromatic heterocycles. The van der Waals surface area contributed by atoms with Gasteiger partial charge in [0.15, 0.2) is 12.4 Å². The van der Waals surface area contributed by atoms with Crippen molar-refractivity contribution >= 4 is 17.5 Å². The Morgan fingerprint density at radius 2 is 1.90 bits per heavy atom. The Balaban J connectivity index is 1.74. The van der Waals surface area contributed by atoms with Crippen molar-refractivity contribution < 1.29 is 24.2 Å². The molecule has 4 aliphatic carbocycles. The molecule has 5 heteroatoms. The zero-order valence-corrected chi connectivity index (χ0v) is 18.5. The number of carbonyl (C=O) groups excluding carboxylic acids is 3. The van der Waals surface area contributed by atoms with Crippen molar-refractivity contribution in [2.24, 2.45) is 34.5 Å². The molecule has 0 aromatic rings. The van der Waals surface area contributed by atoms with Crippen LogP contribution in [0.5, 0.6) is 0 Å². The van der Waals surface area contributed by atoms with Gasteiger partial charge in [-0.05, 0) is 67.6 Å². The molecule has 0 unspecified atom stereocenters. The number of Topliss-reactive ketones (excluding diaryl/α,β-unsaturated/α-hetero) is 1. The Labute approximate surface area is 178 Å². The van der Waals surface area contributed by atoms with Crippen LogP contribution in [0.3, 0.4) is 0 Å². The zero-order valence-electron chi connectivity index (χ0n) is 18.5. The van der Waals surface area contributed by atoms with E-state index in [9.17, 15) is 19.5 Å². The number of hydrogen-bond donors (Lipinski definition) is 1. The van der Waals surface area contributed by atoms with E-state index in [1.165, 1.54) is 18.1 Å². The molecule has 0 radical (unpaired) electrons. The van der Waals surface area contributed by atoms with E-state index in [0.29, 0.717) is 6.42 Å². The summed E-state index contributed by atoms with van der Waals surface area (Å²) in [6, 6.07) is 0. The molecule has 5 nitrogen and oxygen atoms in total. The highest BCUT2D eigenvalue weighted by atomic mass is 16.5. The number of ether oxygens (including phenoxy) is 1. The molecule has 2 fully saturated rings. The lowest BCUT2D eigenvalue weighted by atomic mass is 9.49. The van der Waals surface area contributed by atoms with Crippen LogP contribution in [-0.4, -0.2) is 34.9 Å². The average Bonchev–Trinajstić information content (AvgIpc) is 2.89. The van der Waals surface area contributed by atoms with Crippen LogP contribution < -0.4 is 0 Å². The molecule has 0 amide bonds. The number of esters is 1. The van der Waals surface area contributed by atoms with Gasteiger partial charge in [-0.1, -0.05) is 38.5 Å². The maximum Gasteiger partial charge on any atom is 0.303 e. The number of hydrogen-bond acceptors (Lipinski definition) is 5. The van der Waals surface area contributed by atoms with Gasteiger partial charge in [-0.2, -0.15) is 0 Å². The van der Waals surface area contributed by atoms with E-state index in [1.807, 2.05) is 19.9 Å². The van der Waals surface area contributed by atoms with Crippen molar-refractivity contribution in [3.63, 3.8) is 0 Å². The van der Waals surface area contributed by atoms with E-state index < -0.39 is 22.8 Å². The van der Waals surface area contributed by atoms with Crippen LogP contribution in [0.2, 0.25) is 0 Å². The molecule has 162 valence electrons. The summed E-state index contributed by atoms with van der Waals surface area (Å²) >= 11 is 0. The van der Waals surface area contributed by atoms with Gasteiger partial charge in [0, 0.05) is 17.8 Å². The van der Waals surface area contributed by atoms with Gasteiger partial charge in [0.05, 0.1) is 0 Å². The molecular formula is C25H32O5. The molecule has 0 bridgehead atoms. The van der Waals surface area contributed by atoms with Crippen molar-refractivity contribution in [3.8, 4) is 0 Å². The molecule has 30 heavy (non-hydrogen) atoms. The third-order valence-electron chi connectivity index (χ3n) is 8.69. The van der Waals surface area contributed by atoms with Gasteiger partial charge in [-0.25, -0.2) is 0 Å². The third kappa shape index (κ3) is 2.67. The molecule has 0 saturated heterocycles. The minimum Gasteiger partial charge on any atom is -0.458 e. The first kappa shape index (κ1) is 21.2. The van der Waals surface area contributed by atoms with Crippen molar-refractivity contribution in [1.82, 2.24) is 0 Å². The Morgan fingerprint density at radius 1 is 1.20 bits per heavy atom. The van der Waals surface area contributed by atoms with Crippen LogP contribution in [-0.2, 0) is 19.1 Å². The summed E-state index contributed by atoms with van der Waals surface area (Å²) in [6.45, 7) is 9.22. The Hall–Kier alpha value is -2.01. The molecule has 2 saturated carbocycles. The van der Waals surface area contributed by atoms with Gasteiger partial charge >= 0.3 is 5.97 Å². The second kappa shape index (κ2) is 6.74. The Morgan fingerprint density at radius 3 is 2.57 bits per heavy atom. The molecule has 7 atom stereocenters. The monoisotopic (exact) mass is 412 g/mol. The van der Waals surface area contributed by atoms with E-state index in [0.717, 1.165) is 12.8 Å². The summed E-state index contributed by atoms with van der Waals surface area (Å²) in [5.41, 5.74) is 0.0932. The van der Waals surface area contributed by atoms with Crippen LogP contribution >= 0.6 is 0 Å². The van der Waals surface area contributed by atoms with Gasteiger partial charge in [0.2, 0.25) is 5.78 Å². The third-order valence-corrected chi connectivity index (χ3v) is 8.69. The minimum atomic E-state index is -1.52. The number of fused-ring (bicyclic) bond motifs is 5. The fraction of sp³-hybridized carbons (Fsp3) is 0.640. The number of ketones is 2. The largest absolute Gasteiger partial charge is 0.458 e. The van der Waals surface area contributed by atoms with Gasteiger partial charge in [-0.3, -0.25) is 14.4 Å². The maximum atomic E-state index is 13.1. The zero-order chi connectivity index (χ0) is 22.1. The summed E-state index contributed by atoms with van der Waals surface area (Å²) < 4.78 is 4.96. The molecule has 0 heterocycles. The summed E-state index contributed by atoms with van der Waals surface area (Å²) in [5, 5.41) is 11.7. The lowest BCUT2D eigenvalue weighted by molar-refractivity contribution is -0.167. The smallest absolute Gasteiger partial charge is 0.303 e. The van der Waals surface area contributed by atoms with Crippen LogP contribution in [0.25, 0.3) is 0 Å². The fourth-order valence-electron chi connectivity index (χ4n) is 7.14. The SMILES string of the molecule is CC(=O)OCC(=O)[C@@]1(O)[C@@H](C)C[C@H]2[C@@H]3C[C@H](C)C4=CC(=O)C=C[C@]4(C)C3=CC[C@@]21C. The predicted molar refractivity (Wildman–Crippen MR) is 112 cm³/mol. The van der Waals surface area contributed by atoms with E-state index >= 15 is 0 Å². The van der Waals surface area contributed by atoms with Gasteiger partial charge in [0.1, 0.15) is 5.60 Å². The summed E-state index contributed by atoms with van der Waals surface area (Å²) in [7, 11) is 0. The minimum absolute atomic E-state index is 0.0500. The van der Waals surface area contributed by atoms with E-state index in [4.69, 9.17) is 4.74 Å². The molecule has 0 aromatic carbocycles. The van der Waals surface area contributed by atoms with Crippen molar-refractivity contribution in [3.05, 3.63) is 35.5 Å². The van der Waals surface area contributed by atoms with Crippen LogP contribution in [0.1, 0.15) is 53.9 Å². The predicted octanol–water partition coefficient (Wildman–Crippen LogP) is 3.57. The molecular weight excluding hydrogens is 380 g/mol. The van der Waals surface area contributed by atoms with Crippen LogP contribution in [0.15, 0.2) is 35.5 Å². The average molecular weight is 413 g/mol. The van der Waals surface area contributed by atoms with E-state index in [2.05, 4.69) is 19.9 Å². The second-order valence-electron chi connectivity index (χ2n) is 10.3. The first-order valence-corrected chi connectivity index (χ1v) is 11.0. The second-order valence-corrected chi connectivity index (χ2v) is 10.3. The molecule has 1 N–H and O–H groups in total. The van der Waals surface area contributed by atoms with E-state index in [1.54, 1.807) is 12.2 Å². The topological polar surface area (TPSA) is 80.7 Å². The highest BCUT2D eigenvalue weighted by Gasteiger charge is 2.67. The first-order valence-electron chi connectivity index (χ1n) is 11.0. The highest BCUT2D eigenvalue weighted by molar-refractivity contribution is 6.01. The maximum absolute atomic E-state index is 13.1. The number of allylic oxidation sites excluding steroid dienone is 6. The lowest BCUT2D eigenvalue weighted by Gasteiger charge is -2.55. The van der Waals surface area contributed by atoms with Gasteiger partial charge in [0.25, 0.3) is 0 Å². The lowest BCUT2D eigenvalue weighted by Crippen LogP contribution is -2.58. The molecule has 4 rings (SSSR count). The molecule has 0 aliphatic heterocycles. The van der Waals surface area contributed by atoms with Crippen molar-refractivity contribution in [2.75, 3.05) is 6.61 Å². The summed E-state index contributed by atoms with van der Waals surface area (Å²) in [4.78, 5) is 36.3. The Bertz CT molecular complexity index is 910. The molecule has 4 aliphatic rings. The van der Waals surface area contributed by atoms with Crippen LogP contribution in [0, 0.1) is 34.5 Å². The van der Waals surface area contributed by atoms with Gasteiger partial charge in [-0.15, -0.1) is 0 Å². The van der Waals surface area contributed by atoms with Crippen molar-refractivity contribution in [1.29, 1.82) is 0 Å². The standard InChI is InChI=1S/C25H32O5/c1-14-10-18-19(23(4)8-6-17(27)12-20(14)23)7-9-24(5)21(18)11-15(2)25(24,29)22(28)13-30-16(3)26/h6-8,12,14-15,18,21,29H,9-11,13H2,1-5H3/t14-,15-,18+,21-,23+,24-,25-/m0/s1. The van der Waals surface area contributed by atoms with Crippen LogP contribution in [0.4, 0.5) is 0 Å². The number of aliphatic hydroxyl groups is 1. The summed E-state index contributed by atoms with van der Waals surface area (Å²) in [6.07, 6.45) is 9.98. The molecule has 0 spiro atoms. The quantitative estimate of drug-likeness (QED) is 0.566. The van der Waals surface area contributed by atoms with Crippen molar-refractivity contribution in [2.45, 2.75) is 59.5 Å². The number of carbonyl (C=O) groups is 3. The first-order chi connectivity index (χ1) is 13.9. The highest BCUT2D eigenvalue weighted by Crippen LogP contribution is 2.67. The number of rotatable bonds is 3. The Kier molecular flexibility index (Phi) is 4.77.